The first-order valence-electron chi connectivity index (χ1n) is 5.85. The van der Waals surface area contributed by atoms with Crippen molar-refractivity contribution in [2.75, 3.05) is 7.11 Å². The average Bonchev–Trinajstić information content (AvgIpc) is 2.73. The number of benzene rings is 2. The Kier molecular flexibility index (Phi) is 3.35. The summed E-state index contributed by atoms with van der Waals surface area (Å²) in [6.07, 6.45) is 0. The van der Waals surface area contributed by atoms with Gasteiger partial charge in [0.2, 0.25) is 0 Å². The molecule has 2 aromatic carbocycles. The number of rotatable bonds is 2. The molecule has 0 fully saturated rings. The fourth-order valence-electron chi connectivity index (χ4n) is 2.14. The van der Waals surface area contributed by atoms with E-state index in [2.05, 4.69) is 20.9 Å². The van der Waals surface area contributed by atoms with Gasteiger partial charge >= 0.3 is 0 Å². The number of aromatic nitrogens is 2. The zero-order valence-corrected chi connectivity index (χ0v) is 12.9. The van der Waals surface area contributed by atoms with Crippen LogP contribution in [0.4, 0.5) is 4.39 Å². The standard InChI is InChI=1S/C14H10BrFN2OS/c1-19-13-7-12-10(6-9(13)16)17-14(20)18(12)11-5-3-2-4-8(11)15/h2-7H,1H3,(H,17,20). The number of imidazole rings is 1. The Morgan fingerprint density at radius 1 is 1.30 bits per heavy atom. The molecule has 3 rings (SSSR count). The van der Waals surface area contributed by atoms with E-state index in [-0.39, 0.29) is 5.75 Å². The van der Waals surface area contributed by atoms with Gasteiger partial charge in [-0.2, -0.15) is 0 Å². The highest BCUT2D eigenvalue weighted by atomic mass is 79.9. The van der Waals surface area contributed by atoms with Crippen molar-refractivity contribution in [1.82, 2.24) is 9.55 Å². The molecule has 0 atom stereocenters. The lowest BCUT2D eigenvalue weighted by Crippen LogP contribution is -1.96. The number of nitrogens with zero attached hydrogens (tertiary/aromatic N) is 1. The SMILES string of the molecule is COc1cc2c(cc1F)[nH]c(=S)n2-c1ccccc1Br. The van der Waals surface area contributed by atoms with Crippen LogP contribution in [-0.2, 0) is 0 Å². The van der Waals surface area contributed by atoms with Crippen molar-refractivity contribution in [3.63, 3.8) is 0 Å². The lowest BCUT2D eigenvalue weighted by Gasteiger charge is -2.08. The van der Waals surface area contributed by atoms with Gasteiger partial charge in [0.25, 0.3) is 0 Å². The maximum atomic E-state index is 13.7. The van der Waals surface area contributed by atoms with Gasteiger partial charge < -0.3 is 9.72 Å². The van der Waals surface area contributed by atoms with Crippen LogP contribution >= 0.6 is 28.1 Å². The Labute approximate surface area is 128 Å². The molecule has 0 aliphatic carbocycles. The minimum absolute atomic E-state index is 0.187. The van der Waals surface area contributed by atoms with E-state index in [4.69, 9.17) is 17.0 Å². The number of methoxy groups -OCH3 is 1. The van der Waals surface area contributed by atoms with Crippen LogP contribution in [0.2, 0.25) is 0 Å². The van der Waals surface area contributed by atoms with Crippen LogP contribution in [0.25, 0.3) is 16.7 Å². The van der Waals surface area contributed by atoms with Crippen molar-refractivity contribution in [3.05, 3.63) is 51.5 Å². The van der Waals surface area contributed by atoms with E-state index in [1.807, 2.05) is 28.8 Å². The number of hydrogen-bond donors (Lipinski definition) is 1. The van der Waals surface area contributed by atoms with E-state index in [0.717, 1.165) is 15.7 Å². The molecular formula is C14H10BrFN2OS. The summed E-state index contributed by atoms with van der Waals surface area (Å²) in [5, 5.41) is 0. The molecule has 0 unspecified atom stereocenters. The summed E-state index contributed by atoms with van der Waals surface area (Å²) < 4.78 is 22.0. The van der Waals surface area contributed by atoms with E-state index in [1.54, 1.807) is 6.07 Å². The van der Waals surface area contributed by atoms with Gasteiger partial charge in [-0.3, -0.25) is 4.57 Å². The normalized spacial score (nSPS) is 10.9. The molecular weight excluding hydrogens is 343 g/mol. The largest absolute Gasteiger partial charge is 0.494 e. The second-order valence-electron chi connectivity index (χ2n) is 4.22. The van der Waals surface area contributed by atoms with Crippen LogP contribution < -0.4 is 4.74 Å². The predicted molar refractivity (Wildman–Crippen MR) is 82.7 cm³/mol. The minimum Gasteiger partial charge on any atom is -0.494 e. The predicted octanol–water partition coefficient (Wildman–Crippen LogP) is 4.60. The summed E-state index contributed by atoms with van der Waals surface area (Å²) in [6.45, 7) is 0. The molecule has 1 heterocycles. The van der Waals surface area contributed by atoms with Crippen LogP contribution in [-0.4, -0.2) is 16.7 Å². The van der Waals surface area contributed by atoms with Crippen LogP contribution in [0.1, 0.15) is 0 Å². The Balaban J connectivity index is 2.39. The molecule has 0 radical (unpaired) electrons. The number of halogens is 2. The van der Waals surface area contributed by atoms with Crippen molar-refractivity contribution in [2.45, 2.75) is 0 Å². The Morgan fingerprint density at radius 2 is 2.05 bits per heavy atom. The highest BCUT2D eigenvalue weighted by Gasteiger charge is 2.13. The van der Waals surface area contributed by atoms with Crippen LogP contribution in [0.5, 0.6) is 5.75 Å². The van der Waals surface area contributed by atoms with Crippen molar-refractivity contribution in [3.8, 4) is 11.4 Å². The monoisotopic (exact) mass is 352 g/mol. The first-order chi connectivity index (χ1) is 9.61. The first kappa shape index (κ1) is 13.3. The summed E-state index contributed by atoms with van der Waals surface area (Å²) in [7, 11) is 1.44. The molecule has 0 bridgehead atoms. The molecule has 3 aromatic rings. The third-order valence-electron chi connectivity index (χ3n) is 3.05. The molecule has 0 saturated heterocycles. The van der Waals surface area contributed by atoms with Crippen LogP contribution in [0, 0.1) is 10.6 Å². The maximum Gasteiger partial charge on any atom is 0.182 e. The number of aromatic amines is 1. The van der Waals surface area contributed by atoms with Gasteiger partial charge in [-0.25, -0.2) is 4.39 Å². The smallest absolute Gasteiger partial charge is 0.182 e. The second kappa shape index (κ2) is 5.03. The molecule has 0 spiro atoms. The number of ether oxygens (including phenoxy) is 1. The Morgan fingerprint density at radius 3 is 2.75 bits per heavy atom. The van der Waals surface area contributed by atoms with E-state index in [1.165, 1.54) is 13.2 Å². The third-order valence-corrected chi connectivity index (χ3v) is 4.00. The second-order valence-corrected chi connectivity index (χ2v) is 5.46. The Bertz CT molecular complexity index is 856. The van der Waals surface area contributed by atoms with E-state index >= 15 is 0 Å². The van der Waals surface area contributed by atoms with Crippen LogP contribution in [0.15, 0.2) is 40.9 Å². The summed E-state index contributed by atoms with van der Waals surface area (Å²) in [6, 6.07) is 10.7. The number of nitrogens with one attached hydrogen (secondary N) is 1. The third kappa shape index (κ3) is 2.05. The van der Waals surface area contributed by atoms with E-state index in [0.29, 0.717) is 10.3 Å². The van der Waals surface area contributed by atoms with Gasteiger partial charge in [-0.1, -0.05) is 12.1 Å². The molecule has 102 valence electrons. The zero-order valence-electron chi connectivity index (χ0n) is 10.5. The van der Waals surface area contributed by atoms with Crippen molar-refractivity contribution in [1.29, 1.82) is 0 Å². The lowest BCUT2D eigenvalue weighted by molar-refractivity contribution is 0.387. The summed E-state index contributed by atoms with van der Waals surface area (Å²) >= 11 is 8.84. The van der Waals surface area contributed by atoms with Gasteiger partial charge in [-0.05, 0) is 40.3 Å². The molecule has 0 aliphatic heterocycles. The first-order valence-corrected chi connectivity index (χ1v) is 7.05. The highest BCUT2D eigenvalue weighted by molar-refractivity contribution is 9.10. The van der Waals surface area contributed by atoms with Gasteiger partial charge in [-0.15, -0.1) is 0 Å². The van der Waals surface area contributed by atoms with Gasteiger partial charge in [0.15, 0.2) is 16.3 Å². The number of H-pyrrole nitrogens is 1. The van der Waals surface area contributed by atoms with E-state index in [9.17, 15) is 4.39 Å². The number of para-hydroxylation sites is 1. The lowest BCUT2D eigenvalue weighted by atomic mass is 10.2. The molecule has 0 saturated carbocycles. The van der Waals surface area contributed by atoms with Gasteiger partial charge in [0, 0.05) is 16.6 Å². The molecule has 20 heavy (non-hydrogen) atoms. The molecule has 6 heteroatoms. The van der Waals surface area contributed by atoms with Gasteiger partial charge in [0.05, 0.1) is 23.8 Å². The number of fused-ring (bicyclic) bond motifs is 1. The molecule has 1 N–H and O–H groups in total. The summed E-state index contributed by atoms with van der Waals surface area (Å²) in [5.41, 5.74) is 2.28. The maximum absolute atomic E-state index is 13.7. The summed E-state index contributed by atoms with van der Waals surface area (Å²) in [5.74, 6) is -0.233. The van der Waals surface area contributed by atoms with Crippen LogP contribution in [0.3, 0.4) is 0 Å². The van der Waals surface area contributed by atoms with Crippen molar-refractivity contribution in [2.24, 2.45) is 0 Å². The fraction of sp³-hybridized carbons (Fsp3) is 0.0714. The minimum atomic E-state index is -0.421. The molecule has 3 nitrogen and oxygen atoms in total. The fourth-order valence-corrected chi connectivity index (χ4v) is 2.91. The quantitative estimate of drug-likeness (QED) is 0.683. The van der Waals surface area contributed by atoms with Gasteiger partial charge in [0.1, 0.15) is 0 Å². The summed E-state index contributed by atoms with van der Waals surface area (Å²) in [4.78, 5) is 3.01. The molecule has 0 aliphatic rings. The topological polar surface area (TPSA) is 29.9 Å². The average molecular weight is 353 g/mol. The highest BCUT2D eigenvalue weighted by Crippen LogP contribution is 2.29. The molecule has 1 aromatic heterocycles. The van der Waals surface area contributed by atoms with Crippen molar-refractivity contribution >= 4 is 39.2 Å². The number of hydrogen-bond acceptors (Lipinski definition) is 2. The Hall–Kier alpha value is -1.66. The van der Waals surface area contributed by atoms with E-state index < -0.39 is 5.82 Å². The zero-order chi connectivity index (χ0) is 14.3. The van der Waals surface area contributed by atoms with Crippen molar-refractivity contribution < 1.29 is 9.13 Å². The molecule has 0 amide bonds.